The first-order valence-corrected chi connectivity index (χ1v) is 4.53. The standard InChI is InChI=1S/C13H13N/c1-11(2)13-8-6-12(7-9-13)5-3-4-10-14/h3,5-9H,1,4H2,2H3. The highest BCUT2D eigenvalue weighted by Gasteiger charge is 1.91. The molecule has 0 spiro atoms. The molecule has 1 aromatic rings. The van der Waals surface area contributed by atoms with Crippen LogP contribution >= 0.6 is 0 Å². The van der Waals surface area contributed by atoms with E-state index in [0.717, 1.165) is 16.7 Å². The van der Waals surface area contributed by atoms with Gasteiger partial charge in [-0.05, 0) is 18.1 Å². The zero-order chi connectivity index (χ0) is 10.4. The molecule has 1 nitrogen and oxygen atoms in total. The molecule has 0 radical (unpaired) electrons. The SMILES string of the molecule is C=C(C)c1ccc(C=CCC#N)cc1. The van der Waals surface area contributed by atoms with Crippen molar-refractivity contribution in [1.82, 2.24) is 0 Å². The van der Waals surface area contributed by atoms with E-state index in [1.165, 1.54) is 0 Å². The van der Waals surface area contributed by atoms with Gasteiger partial charge in [0.05, 0.1) is 12.5 Å². The Bertz CT molecular complexity index is 377. The van der Waals surface area contributed by atoms with Crippen molar-refractivity contribution < 1.29 is 0 Å². The van der Waals surface area contributed by atoms with E-state index < -0.39 is 0 Å². The molecule has 0 aliphatic heterocycles. The maximum absolute atomic E-state index is 8.35. The second kappa shape index (κ2) is 5.04. The molecule has 0 bridgehead atoms. The molecule has 1 heteroatoms. The molecule has 0 fully saturated rings. The zero-order valence-corrected chi connectivity index (χ0v) is 8.33. The average Bonchev–Trinajstić information content (AvgIpc) is 2.19. The Morgan fingerprint density at radius 2 is 2.07 bits per heavy atom. The van der Waals surface area contributed by atoms with Gasteiger partial charge in [-0.25, -0.2) is 0 Å². The molecule has 0 aliphatic carbocycles. The van der Waals surface area contributed by atoms with Crippen molar-refractivity contribution in [2.45, 2.75) is 13.3 Å². The minimum atomic E-state index is 0.461. The summed E-state index contributed by atoms with van der Waals surface area (Å²) >= 11 is 0. The molecular formula is C13H13N. The van der Waals surface area contributed by atoms with Crippen molar-refractivity contribution in [1.29, 1.82) is 5.26 Å². The van der Waals surface area contributed by atoms with Gasteiger partial charge in [-0.3, -0.25) is 0 Å². The van der Waals surface area contributed by atoms with Crippen LogP contribution in [0, 0.1) is 11.3 Å². The molecule has 1 rings (SSSR count). The summed E-state index contributed by atoms with van der Waals surface area (Å²) in [6, 6.07) is 10.2. The van der Waals surface area contributed by atoms with Gasteiger partial charge in [-0.2, -0.15) is 5.26 Å². The summed E-state index contributed by atoms with van der Waals surface area (Å²) in [4.78, 5) is 0. The molecule has 14 heavy (non-hydrogen) atoms. The summed E-state index contributed by atoms with van der Waals surface area (Å²) in [6.45, 7) is 5.86. The first-order chi connectivity index (χ1) is 6.74. The molecule has 0 unspecified atom stereocenters. The summed E-state index contributed by atoms with van der Waals surface area (Å²) in [6.07, 6.45) is 4.27. The number of hydrogen-bond donors (Lipinski definition) is 0. The van der Waals surface area contributed by atoms with Gasteiger partial charge in [0, 0.05) is 0 Å². The lowest BCUT2D eigenvalue weighted by molar-refractivity contribution is 1.36. The van der Waals surface area contributed by atoms with E-state index in [1.54, 1.807) is 0 Å². The van der Waals surface area contributed by atoms with Crippen LogP contribution in [0.25, 0.3) is 11.6 Å². The normalized spacial score (nSPS) is 10.0. The lowest BCUT2D eigenvalue weighted by Crippen LogP contribution is -1.77. The fourth-order valence-corrected chi connectivity index (χ4v) is 1.13. The third kappa shape index (κ3) is 2.91. The highest BCUT2D eigenvalue weighted by atomic mass is 14.2. The van der Waals surface area contributed by atoms with Gasteiger partial charge in [0.2, 0.25) is 0 Å². The van der Waals surface area contributed by atoms with Crippen molar-refractivity contribution in [2.24, 2.45) is 0 Å². The van der Waals surface area contributed by atoms with Crippen LogP contribution in [0.4, 0.5) is 0 Å². The topological polar surface area (TPSA) is 23.8 Å². The molecule has 0 aliphatic rings. The van der Waals surface area contributed by atoms with E-state index >= 15 is 0 Å². The molecule has 70 valence electrons. The van der Waals surface area contributed by atoms with Gasteiger partial charge in [0.15, 0.2) is 0 Å². The third-order valence-electron chi connectivity index (χ3n) is 1.92. The smallest absolute Gasteiger partial charge is 0.0663 e. The number of hydrogen-bond acceptors (Lipinski definition) is 1. The summed E-state index contributed by atoms with van der Waals surface area (Å²) in [5, 5.41) is 8.35. The van der Waals surface area contributed by atoms with Crippen molar-refractivity contribution in [3.05, 3.63) is 48.0 Å². The van der Waals surface area contributed by atoms with Crippen LogP contribution in [0.15, 0.2) is 36.9 Å². The predicted octanol–water partition coefficient (Wildman–Crippen LogP) is 3.65. The fraction of sp³-hybridized carbons (Fsp3) is 0.154. The van der Waals surface area contributed by atoms with E-state index in [4.69, 9.17) is 5.26 Å². The Morgan fingerprint density at radius 3 is 2.57 bits per heavy atom. The Hall–Kier alpha value is -1.81. The fourth-order valence-electron chi connectivity index (χ4n) is 1.13. The second-order valence-electron chi connectivity index (χ2n) is 3.17. The maximum Gasteiger partial charge on any atom is 0.0663 e. The van der Waals surface area contributed by atoms with Crippen LogP contribution in [-0.4, -0.2) is 0 Å². The monoisotopic (exact) mass is 183 g/mol. The predicted molar refractivity (Wildman–Crippen MR) is 60.4 cm³/mol. The van der Waals surface area contributed by atoms with E-state index in [2.05, 4.69) is 12.6 Å². The summed E-state index contributed by atoms with van der Waals surface area (Å²) in [7, 11) is 0. The molecule has 1 aromatic carbocycles. The number of rotatable bonds is 3. The number of nitriles is 1. The first-order valence-electron chi connectivity index (χ1n) is 4.53. The summed E-state index contributed by atoms with van der Waals surface area (Å²) in [5.74, 6) is 0. The Kier molecular flexibility index (Phi) is 3.69. The van der Waals surface area contributed by atoms with Crippen LogP contribution in [-0.2, 0) is 0 Å². The Morgan fingerprint density at radius 1 is 1.43 bits per heavy atom. The van der Waals surface area contributed by atoms with Crippen molar-refractivity contribution in [2.75, 3.05) is 0 Å². The van der Waals surface area contributed by atoms with Crippen LogP contribution in [0.2, 0.25) is 0 Å². The van der Waals surface area contributed by atoms with E-state index in [1.807, 2.05) is 43.3 Å². The van der Waals surface area contributed by atoms with Crippen LogP contribution in [0.5, 0.6) is 0 Å². The van der Waals surface area contributed by atoms with Gasteiger partial charge in [0.1, 0.15) is 0 Å². The molecule has 0 saturated carbocycles. The van der Waals surface area contributed by atoms with Crippen LogP contribution in [0.3, 0.4) is 0 Å². The zero-order valence-electron chi connectivity index (χ0n) is 8.33. The number of benzene rings is 1. The summed E-state index contributed by atoms with van der Waals surface area (Å²) < 4.78 is 0. The highest BCUT2D eigenvalue weighted by Crippen LogP contribution is 2.13. The van der Waals surface area contributed by atoms with E-state index in [9.17, 15) is 0 Å². The lowest BCUT2D eigenvalue weighted by atomic mass is 10.1. The van der Waals surface area contributed by atoms with Crippen LogP contribution < -0.4 is 0 Å². The van der Waals surface area contributed by atoms with Gasteiger partial charge >= 0.3 is 0 Å². The van der Waals surface area contributed by atoms with Crippen molar-refractivity contribution in [3.8, 4) is 6.07 Å². The summed E-state index contributed by atoms with van der Waals surface area (Å²) in [5.41, 5.74) is 3.34. The minimum absolute atomic E-state index is 0.461. The molecule has 0 N–H and O–H groups in total. The number of nitrogens with zero attached hydrogens (tertiary/aromatic N) is 1. The van der Waals surface area contributed by atoms with Gasteiger partial charge in [-0.1, -0.05) is 48.6 Å². The molecule has 0 saturated heterocycles. The Balaban J connectivity index is 2.74. The number of allylic oxidation sites excluding steroid dienone is 2. The van der Waals surface area contributed by atoms with E-state index in [0.29, 0.717) is 6.42 Å². The molecule has 0 aromatic heterocycles. The average molecular weight is 183 g/mol. The van der Waals surface area contributed by atoms with Crippen molar-refractivity contribution in [3.63, 3.8) is 0 Å². The highest BCUT2D eigenvalue weighted by molar-refractivity contribution is 5.63. The minimum Gasteiger partial charge on any atom is -0.198 e. The van der Waals surface area contributed by atoms with Crippen molar-refractivity contribution >= 4 is 11.6 Å². The quantitative estimate of drug-likeness (QED) is 0.701. The second-order valence-corrected chi connectivity index (χ2v) is 3.17. The third-order valence-corrected chi connectivity index (χ3v) is 1.92. The maximum atomic E-state index is 8.35. The van der Waals surface area contributed by atoms with Gasteiger partial charge in [-0.15, -0.1) is 0 Å². The molecule has 0 atom stereocenters. The van der Waals surface area contributed by atoms with E-state index in [-0.39, 0.29) is 0 Å². The molecule has 0 heterocycles. The molecule has 0 amide bonds. The molecular weight excluding hydrogens is 170 g/mol. The first kappa shape index (κ1) is 10.3. The van der Waals surface area contributed by atoms with Gasteiger partial charge in [0.25, 0.3) is 0 Å². The van der Waals surface area contributed by atoms with Crippen LogP contribution in [0.1, 0.15) is 24.5 Å². The lowest BCUT2D eigenvalue weighted by Gasteiger charge is -1.99. The largest absolute Gasteiger partial charge is 0.198 e. The Labute approximate surface area is 85.0 Å². The van der Waals surface area contributed by atoms with Gasteiger partial charge < -0.3 is 0 Å².